The van der Waals surface area contributed by atoms with E-state index >= 15 is 0 Å². The number of hydrogen-bond donors (Lipinski definition) is 2. The number of carbonyl (C=O) groups excluding carboxylic acids is 2. The number of thiophene rings is 1. The highest BCUT2D eigenvalue weighted by atomic mass is 32.1. The van der Waals surface area contributed by atoms with Crippen molar-refractivity contribution in [3.8, 4) is 0 Å². The van der Waals surface area contributed by atoms with Crippen molar-refractivity contribution in [3.05, 3.63) is 22.4 Å². The minimum atomic E-state index is 0.00766. The lowest BCUT2D eigenvalue weighted by Crippen LogP contribution is -2.34. The molecule has 0 bridgehead atoms. The smallest absolute Gasteiger partial charge is 0.223 e. The molecule has 0 radical (unpaired) electrons. The highest BCUT2D eigenvalue weighted by Crippen LogP contribution is 2.24. The molecule has 0 aromatic carbocycles. The third-order valence-electron chi connectivity index (χ3n) is 3.65. The van der Waals surface area contributed by atoms with Crippen LogP contribution in [0, 0.1) is 5.92 Å². The first-order chi connectivity index (χ1) is 9.75. The van der Waals surface area contributed by atoms with Crippen LogP contribution in [0.3, 0.4) is 0 Å². The van der Waals surface area contributed by atoms with E-state index in [2.05, 4.69) is 16.7 Å². The highest BCUT2D eigenvalue weighted by Gasteiger charge is 2.22. The van der Waals surface area contributed by atoms with Gasteiger partial charge in [0.1, 0.15) is 0 Å². The molecule has 0 saturated heterocycles. The number of nitrogens with one attached hydrogen (secondary N) is 2. The molecular formula is C15H22N2O2S. The number of carbonyl (C=O) groups is 2. The molecule has 1 fully saturated rings. The van der Waals surface area contributed by atoms with Gasteiger partial charge in [-0.1, -0.05) is 18.9 Å². The molecule has 5 heteroatoms. The molecule has 1 aliphatic rings. The quantitative estimate of drug-likeness (QED) is 0.809. The van der Waals surface area contributed by atoms with E-state index in [0.717, 1.165) is 32.1 Å². The monoisotopic (exact) mass is 294 g/mol. The van der Waals surface area contributed by atoms with Crippen molar-refractivity contribution >= 4 is 23.2 Å². The van der Waals surface area contributed by atoms with Crippen LogP contribution in [0.5, 0.6) is 0 Å². The molecule has 4 nitrogen and oxygen atoms in total. The molecule has 1 heterocycles. The lowest BCUT2D eigenvalue weighted by molar-refractivity contribution is -0.125. The largest absolute Gasteiger partial charge is 0.356 e. The van der Waals surface area contributed by atoms with Crippen molar-refractivity contribution in [2.75, 3.05) is 13.1 Å². The Morgan fingerprint density at radius 1 is 1.20 bits per heavy atom. The molecule has 2 N–H and O–H groups in total. The Balaban J connectivity index is 1.52. The Labute approximate surface area is 124 Å². The maximum atomic E-state index is 11.8. The first-order valence-electron chi connectivity index (χ1n) is 7.32. The van der Waals surface area contributed by atoms with Gasteiger partial charge < -0.3 is 10.6 Å². The molecule has 0 aliphatic heterocycles. The summed E-state index contributed by atoms with van der Waals surface area (Å²) in [5.41, 5.74) is 0. The topological polar surface area (TPSA) is 58.2 Å². The van der Waals surface area contributed by atoms with Crippen LogP contribution in [0.25, 0.3) is 0 Å². The Morgan fingerprint density at radius 2 is 2.00 bits per heavy atom. The van der Waals surface area contributed by atoms with Crippen molar-refractivity contribution in [1.29, 1.82) is 0 Å². The fraction of sp³-hybridized carbons (Fsp3) is 0.600. The minimum Gasteiger partial charge on any atom is -0.356 e. The summed E-state index contributed by atoms with van der Waals surface area (Å²) >= 11 is 1.70. The van der Waals surface area contributed by atoms with Gasteiger partial charge in [0.15, 0.2) is 0 Å². The third kappa shape index (κ3) is 4.96. The van der Waals surface area contributed by atoms with E-state index in [-0.39, 0.29) is 17.7 Å². The molecule has 110 valence electrons. The molecule has 0 spiro atoms. The second-order valence-corrected chi connectivity index (χ2v) is 6.23. The Morgan fingerprint density at radius 3 is 2.70 bits per heavy atom. The van der Waals surface area contributed by atoms with E-state index in [1.165, 1.54) is 4.88 Å². The van der Waals surface area contributed by atoms with Gasteiger partial charge in [-0.25, -0.2) is 0 Å². The van der Waals surface area contributed by atoms with Gasteiger partial charge >= 0.3 is 0 Å². The van der Waals surface area contributed by atoms with E-state index < -0.39 is 0 Å². The van der Waals surface area contributed by atoms with Crippen LogP contribution in [0.15, 0.2) is 17.5 Å². The van der Waals surface area contributed by atoms with Gasteiger partial charge in [0.05, 0.1) is 0 Å². The molecule has 0 atom stereocenters. The molecule has 1 aromatic rings. The lowest BCUT2D eigenvalue weighted by Gasteiger charge is -2.10. The van der Waals surface area contributed by atoms with Crippen LogP contribution in [0.4, 0.5) is 0 Å². The number of amides is 2. The first-order valence-corrected chi connectivity index (χ1v) is 8.20. The number of rotatable bonds is 7. The fourth-order valence-corrected chi connectivity index (χ4v) is 3.21. The summed E-state index contributed by atoms with van der Waals surface area (Å²) in [6.45, 7) is 1.11. The average molecular weight is 294 g/mol. The molecule has 2 amide bonds. The summed E-state index contributed by atoms with van der Waals surface area (Å²) in [7, 11) is 0. The molecule has 1 aromatic heterocycles. The first kappa shape index (κ1) is 15.0. The standard InChI is InChI=1S/C15H22N2O2S/c18-14(16-9-7-13-6-3-11-20-13)8-10-17-15(19)12-4-1-2-5-12/h3,6,11-12H,1-2,4-5,7-10H2,(H,16,18)(H,17,19). The summed E-state index contributed by atoms with van der Waals surface area (Å²) in [5.74, 6) is 0.305. The van der Waals surface area contributed by atoms with Gasteiger partial charge in [0, 0.05) is 30.3 Å². The van der Waals surface area contributed by atoms with Crippen LogP contribution < -0.4 is 10.6 Å². The molecule has 0 unspecified atom stereocenters. The maximum Gasteiger partial charge on any atom is 0.223 e. The molecule has 1 saturated carbocycles. The van der Waals surface area contributed by atoms with Crippen LogP contribution in [-0.2, 0) is 16.0 Å². The van der Waals surface area contributed by atoms with Crippen molar-refractivity contribution < 1.29 is 9.59 Å². The predicted octanol–water partition coefficient (Wildman–Crippen LogP) is 2.10. The Bertz CT molecular complexity index is 425. The number of hydrogen-bond acceptors (Lipinski definition) is 3. The van der Waals surface area contributed by atoms with Crippen molar-refractivity contribution in [3.63, 3.8) is 0 Å². The van der Waals surface area contributed by atoms with Gasteiger partial charge in [0.25, 0.3) is 0 Å². The molecular weight excluding hydrogens is 272 g/mol. The van der Waals surface area contributed by atoms with Crippen LogP contribution in [0.1, 0.15) is 37.0 Å². The summed E-state index contributed by atoms with van der Waals surface area (Å²) < 4.78 is 0. The summed E-state index contributed by atoms with van der Waals surface area (Å²) in [6, 6.07) is 4.08. The van der Waals surface area contributed by atoms with Crippen molar-refractivity contribution in [2.45, 2.75) is 38.5 Å². The second kappa shape index (κ2) is 8.04. The maximum absolute atomic E-state index is 11.8. The summed E-state index contributed by atoms with van der Waals surface area (Å²) in [4.78, 5) is 24.6. The zero-order valence-corrected chi connectivity index (χ0v) is 12.5. The van der Waals surface area contributed by atoms with Crippen molar-refractivity contribution in [2.24, 2.45) is 5.92 Å². The lowest BCUT2D eigenvalue weighted by atomic mass is 10.1. The minimum absolute atomic E-state index is 0.00766. The summed E-state index contributed by atoms with van der Waals surface area (Å²) in [5, 5.41) is 7.78. The van der Waals surface area contributed by atoms with Crippen LogP contribution in [0.2, 0.25) is 0 Å². The van der Waals surface area contributed by atoms with Gasteiger partial charge in [-0.2, -0.15) is 0 Å². The van der Waals surface area contributed by atoms with E-state index in [9.17, 15) is 9.59 Å². The van der Waals surface area contributed by atoms with Gasteiger partial charge in [-0.05, 0) is 30.7 Å². The molecule has 20 heavy (non-hydrogen) atoms. The zero-order chi connectivity index (χ0) is 14.2. The van der Waals surface area contributed by atoms with E-state index in [0.29, 0.717) is 19.5 Å². The summed E-state index contributed by atoms with van der Waals surface area (Å²) in [6.07, 6.45) is 5.54. The second-order valence-electron chi connectivity index (χ2n) is 5.20. The SMILES string of the molecule is O=C(CCNC(=O)C1CCCC1)NCCc1cccs1. The average Bonchev–Trinajstić information content (AvgIpc) is 3.12. The van der Waals surface area contributed by atoms with E-state index in [1.807, 2.05) is 11.4 Å². The van der Waals surface area contributed by atoms with Gasteiger partial charge in [0.2, 0.25) is 11.8 Å². The van der Waals surface area contributed by atoms with Crippen LogP contribution >= 0.6 is 11.3 Å². The van der Waals surface area contributed by atoms with Crippen LogP contribution in [-0.4, -0.2) is 24.9 Å². The van der Waals surface area contributed by atoms with Crippen molar-refractivity contribution in [1.82, 2.24) is 10.6 Å². The Kier molecular flexibility index (Phi) is 6.05. The van der Waals surface area contributed by atoms with E-state index in [4.69, 9.17) is 0 Å². The Hall–Kier alpha value is -1.36. The highest BCUT2D eigenvalue weighted by molar-refractivity contribution is 7.09. The van der Waals surface area contributed by atoms with Gasteiger partial charge in [-0.15, -0.1) is 11.3 Å². The van der Waals surface area contributed by atoms with E-state index in [1.54, 1.807) is 11.3 Å². The zero-order valence-electron chi connectivity index (χ0n) is 11.7. The normalized spacial score (nSPS) is 15.2. The fourth-order valence-electron chi connectivity index (χ4n) is 2.50. The molecule has 2 rings (SSSR count). The molecule has 1 aliphatic carbocycles. The predicted molar refractivity (Wildman–Crippen MR) is 80.6 cm³/mol. The van der Waals surface area contributed by atoms with Gasteiger partial charge in [-0.3, -0.25) is 9.59 Å². The third-order valence-corrected chi connectivity index (χ3v) is 4.59.